The van der Waals surface area contributed by atoms with E-state index < -0.39 is 7.82 Å². The highest BCUT2D eigenvalue weighted by Gasteiger charge is 2.22. The van der Waals surface area contributed by atoms with Crippen molar-refractivity contribution in [3.63, 3.8) is 0 Å². The summed E-state index contributed by atoms with van der Waals surface area (Å²) in [6.45, 7) is 6.88. The Bertz CT molecular complexity index is 1610. The SMILES string of the molecule is C=CC(=O)NCCOCCc1ccc2c(c1)nc(N)c1nc(CCCC)n(Cc3cccc(OP(=O)(O)O)c3O)c12. The number of aromatic nitrogens is 3. The van der Waals surface area contributed by atoms with Crippen LogP contribution in [-0.2, 0) is 33.5 Å². The highest BCUT2D eigenvalue weighted by atomic mass is 31.2. The molecule has 0 fully saturated rings. The van der Waals surface area contributed by atoms with Crippen LogP contribution in [0.2, 0.25) is 0 Å². The van der Waals surface area contributed by atoms with Crippen molar-refractivity contribution in [2.75, 3.05) is 25.5 Å². The monoisotopic (exact) mass is 583 g/mol. The molecule has 13 heteroatoms. The second kappa shape index (κ2) is 13.1. The maximum Gasteiger partial charge on any atom is 0.524 e. The van der Waals surface area contributed by atoms with Gasteiger partial charge in [-0.3, -0.25) is 14.6 Å². The smallest absolute Gasteiger partial charge is 0.504 e. The predicted molar refractivity (Wildman–Crippen MR) is 156 cm³/mol. The van der Waals surface area contributed by atoms with Gasteiger partial charge in [0.15, 0.2) is 17.3 Å². The number of unbranched alkanes of at least 4 members (excludes halogenated alkanes) is 1. The first-order valence-corrected chi connectivity index (χ1v) is 14.8. The van der Waals surface area contributed by atoms with E-state index in [9.17, 15) is 24.3 Å². The Morgan fingerprint density at radius 3 is 2.73 bits per heavy atom. The number of phosphoric ester groups is 1. The number of aromatic hydroxyl groups is 1. The predicted octanol–water partition coefficient (Wildman–Crippen LogP) is 3.60. The first-order chi connectivity index (χ1) is 19.6. The van der Waals surface area contributed by atoms with Gasteiger partial charge < -0.3 is 30.0 Å². The molecule has 2 aromatic carbocycles. The number of anilines is 1. The Morgan fingerprint density at radius 1 is 1.20 bits per heavy atom. The second-order valence-corrected chi connectivity index (χ2v) is 10.6. The number of para-hydroxylation sites is 1. The molecule has 1 amide bonds. The molecule has 0 atom stereocenters. The molecule has 41 heavy (non-hydrogen) atoms. The molecule has 2 heterocycles. The molecule has 4 rings (SSSR count). The fraction of sp³-hybridized carbons (Fsp3) is 0.321. The molecule has 0 radical (unpaired) electrons. The first-order valence-electron chi connectivity index (χ1n) is 13.2. The van der Waals surface area contributed by atoms with Gasteiger partial charge in [-0.2, -0.15) is 0 Å². The summed E-state index contributed by atoms with van der Waals surface area (Å²) in [4.78, 5) is 39.1. The van der Waals surface area contributed by atoms with Crippen molar-refractivity contribution >= 4 is 41.5 Å². The zero-order valence-corrected chi connectivity index (χ0v) is 23.6. The molecular formula is C28H34N5O7P. The van der Waals surface area contributed by atoms with Gasteiger partial charge in [0.05, 0.1) is 30.8 Å². The summed E-state index contributed by atoms with van der Waals surface area (Å²) in [6, 6.07) is 10.4. The molecule has 0 aliphatic carbocycles. The molecule has 0 unspecified atom stereocenters. The summed E-state index contributed by atoms with van der Waals surface area (Å²) in [6.07, 6.45) is 4.33. The number of imidazole rings is 1. The van der Waals surface area contributed by atoms with Gasteiger partial charge in [-0.1, -0.05) is 44.2 Å². The van der Waals surface area contributed by atoms with Crippen LogP contribution in [0, 0.1) is 0 Å². The molecule has 6 N–H and O–H groups in total. The number of phenols is 1. The maximum atomic E-state index is 11.4. The lowest BCUT2D eigenvalue weighted by molar-refractivity contribution is -0.116. The van der Waals surface area contributed by atoms with E-state index >= 15 is 0 Å². The van der Waals surface area contributed by atoms with Crippen molar-refractivity contribution in [2.45, 2.75) is 39.2 Å². The number of rotatable bonds is 14. The number of phosphoric acid groups is 1. The molecule has 0 bridgehead atoms. The number of carbonyl (C=O) groups is 1. The first kappa shape index (κ1) is 30.0. The molecular weight excluding hydrogens is 549 g/mol. The zero-order chi connectivity index (χ0) is 29.6. The van der Waals surface area contributed by atoms with Crippen molar-refractivity contribution < 1.29 is 33.5 Å². The average Bonchev–Trinajstić information content (AvgIpc) is 3.29. The lowest BCUT2D eigenvalue weighted by atomic mass is 10.1. The van der Waals surface area contributed by atoms with Gasteiger partial charge in [-0.15, -0.1) is 0 Å². The van der Waals surface area contributed by atoms with Crippen LogP contribution in [-0.4, -0.2) is 55.1 Å². The number of hydrogen-bond acceptors (Lipinski definition) is 8. The normalized spacial score (nSPS) is 11.7. The zero-order valence-electron chi connectivity index (χ0n) is 22.7. The third kappa shape index (κ3) is 7.42. The van der Waals surface area contributed by atoms with Crippen molar-refractivity contribution in [3.8, 4) is 11.5 Å². The number of nitrogens with two attached hydrogens (primary N) is 1. The molecule has 0 saturated carbocycles. The Morgan fingerprint density at radius 2 is 2.00 bits per heavy atom. The number of nitrogens with zero attached hydrogens (tertiary/aromatic N) is 3. The number of aryl methyl sites for hydroxylation is 1. The van der Waals surface area contributed by atoms with Crippen molar-refractivity contribution in [1.29, 1.82) is 0 Å². The molecule has 2 aromatic heterocycles. The number of hydrogen-bond donors (Lipinski definition) is 5. The van der Waals surface area contributed by atoms with E-state index in [0.29, 0.717) is 49.2 Å². The van der Waals surface area contributed by atoms with Crippen LogP contribution in [0.3, 0.4) is 0 Å². The lowest BCUT2D eigenvalue weighted by Crippen LogP contribution is -2.25. The van der Waals surface area contributed by atoms with E-state index in [2.05, 4.69) is 28.3 Å². The van der Waals surface area contributed by atoms with Crippen molar-refractivity contribution in [1.82, 2.24) is 19.9 Å². The minimum absolute atomic E-state index is 0.163. The summed E-state index contributed by atoms with van der Waals surface area (Å²) in [5.74, 6) is 0.114. The van der Waals surface area contributed by atoms with Crippen molar-refractivity contribution in [2.24, 2.45) is 0 Å². The van der Waals surface area contributed by atoms with Gasteiger partial charge >= 0.3 is 7.82 Å². The van der Waals surface area contributed by atoms with Crippen LogP contribution in [0.25, 0.3) is 21.9 Å². The maximum absolute atomic E-state index is 11.4. The molecule has 0 spiro atoms. The Kier molecular flexibility index (Phi) is 9.61. The molecule has 12 nitrogen and oxygen atoms in total. The van der Waals surface area contributed by atoms with Gasteiger partial charge in [0, 0.05) is 23.9 Å². The van der Waals surface area contributed by atoms with Crippen LogP contribution in [0.5, 0.6) is 11.5 Å². The summed E-state index contributed by atoms with van der Waals surface area (Å²) < 4.78 is 23.6. The third-order valence-electron chi connectivity index (χ3n) is 6.50. The topological polar surface area (TPSA) is 182 Å². The fourth-order valence-corrected chi connectivity index (χ4v) is 4.94. The van der Waals surface area contributed by atoms with Gasteiger partial charge in [0.1, 0.15) is 11.3 Å². The quantitative estimate of drug-likeness (QED) is 0.0835. The highest BCUT2D eigenvalue weighted by molar-refractivity contribution is 7.46. The number of phenolic OH excluding ortho intramolecular Hbond substituents is 1. The number of fused-ring (bicyclic) bond motifs is 3. The number of nitrogen functional groups attached to an aromatic ring is 1. The third-order valence-corrected chi connectivity index (χ3v) is 6.93. The summed E-state index contributed by atoms with van der Waals surface area (Å²) in [5, 5.41) is 14.3. The van der Waals surface area contributed by atoms with Crippen LogP contribution in [0.1, 0.15) is 36.7 Å². The number of ether oxygens (including phenoxy) is 1. The van der Waals surface area contributed by atoms with E-state index in [-0.39, 0.29) is 29.8 Å². The number of benzene rings is 2. The van der Waals surface area contributed by atoms with E-state index in [1.807, 2.05) is 22.8 Å². The number of carbonyl (C=O) groups excluding carboxylic acids is 1. The molecule has 0 saturated heterocycles. The molecule has 4 aromatic rings. The molecule has 0 aliphatic rings. The number of nitrogens with one attached hydrogen (secondary N) is 1. The summed E-state index contributed by atoms with van der Waals surface area (Å²) in [5.41, 5.74) is 9.75. The molecule has 218 valence electrons. The summed E-state index contributed by atoms with van der Waals surface area (Å²) in [7, 11) is -4.86. The average molecular weight is 584 g/mol. The van der Waals surface area contributed by atoms with Crippen molar-refractivity contribution in [3.05, 3.63) is 66.0 Å². The van der Waals surface area contributed by atoms with Gasteiger partial charge in [0.2, 0.25) is 5.91 Å². The number of amides is 1. The van der Waals surface area contributed by atoms with Gasteiger partial charge in [0.25, 0.3) is 0 Å². The second-order valence-electron chi connectivity index (χ2n) is 9.47. The summed E-state index contributed by atoms with van der Waals surface area (Å²) >= 11 is 0. The minimum atomic E-state index is -4.86. The van der Waals surface area contributed by atoms with Gasteiger partial charge in [-0.25, -0.2) is 14.5 Å². The Balaban J connectivity index is 1.67. The Labute approximate surface area is 237 Å². The Hall–Kier alpha value is -3.96. The molecule has 0 aliphatic heterocycles. The number of pyridine rings is 1. The largest absolute Gasteiger partial charge is 0.524 e. The van der Waals surface area contributed by atoms with Crippen LogP contribution < -0.4 is 15.6 Å². The van der Waals surface area contributed by atoms with Crippen LogP contribution >= 0.6 is 7.82 Å². The standard InChI is InChI=1S/C28H34N5O7P/c1-3-5-9-23-32-25-26(33(23)17-19-7-6-8-22(27(19)35)40-41(36,37)38)20-11-10-18(16-21(20)31-28(25)29)12-14-39-15-13-30-24(34)4-2/h4,6-8,10-11,16,35H,2-3,5,9,12-15,17H2,1H3,(H2,29,31)(H,30,34)(H2,36,37,38). The van der Waals surface area contributed by atoms with Crippen LogP contribution in [0.4, 0.5) is 5.82 Å². The highest BCUT2D eigenvalue weighted by Crippen LogP contribution is 2.43. The fourth-order valence-electron chi connectivity index (χ4n) is 4.53. The van der Waals surface area contributed by atoms with Crippen LogP contribution in [0.15, 0.2) is 49.1 Å². The van der Waals surface area contributed by atoms with Gasteiger partial charge in [-0.05, 0) is 36.6 Å². The van der Waals surface area contributed by atoms with E-state index in [1.165, 1.54) is 12.1 Å². The van der Waals surface area contributed by atoms with E-state index in [0.717, 1.165) is 35.1 Å². The minimum Gasteiger partial charge on any atom is -0.504 e. The van der Waals surface area contributed by atoms with E-state index in [1.54, 1.807) is 12.1 Å². The van der Waals surface area contributed by atoms with E-state index in [4.69, 9.17) is 15.5 Å². The lowest BCUT2D eigenvalue weighted by Gasteiger charge is -2.15.